The summed E-state index contributed by atoms with van der Waals surface area (Å²) >= 11 is 0. The highest BCUT2D eigenvalue weighted by molar-refractivity contribution is 6.02. The molecule has 8 nitrogen and oxygen atoms in total. The second-order valence-electron chi connectivity index (χ2n) is 8.56. The molecule has 178 valence electrons. The molecule has 2 heterocycles. The third-order valence-corrected chi connectivity index (χ3v) is 6.06. The third-order valence-electron chi connectivity index (χ3n) is 6.06. The van der Waals surface area contributed by atoms with Crippen molar-refractivity contribution >= 4 is 22.6 Å². The van der Waals surface area contributed by atoms with Crippen LogP contribution < -0.4 is 5.56 Å². The number of rotatable bonds is 7. The highest BCUT2D eigenvalue weighted by Crippen LogP contribution is 2.16. The Labute approximate surface area is 198 Å². The highest BCUT2D eigenvalue weighted by atomic mass is 16.5. The Hall–Kier alpha value is -3.52. The molecule has 1 aliphatic rings. The third kappa shape index (κ3) is 5.17. The van der Waals surface area contributed by atoms with Crippen molar-refractivity contribution in [1.82, 2.24) is 19.6 Å². The van der Waals surface area contributed by atoms with Gasteiger partial charge in [-0.15, -0.1) is 0 Å². The molecule has 0 aliphatic carbocycles. The number of hydrogen-bond donors (Lipinski definition) is 0. The fraction of sp³-hybridized carbons (Fsp3) is 0.385. The first-order valence-corrected chi connectivity index (χ1v) is 11.7. The lowest BCUT2D eigenvalue weighted by Gasteiger charge is -2.35. The minimum absolute atomic E-state index is 0.0518. The molecule has 2 aromatic carbocycles. The topological polar surface area (TPSA) is 84.7 Å². The maximum absolute atomic E-state index is 13.0. The lowest BCUT2D eigenvalue weighted by molar-refractivity contribution is -0.141. The lowest BCUT2D eigenvalue weighted by atomic mass is 10.1. The number of piperazine rings is 1. The largest absolute Gasteiger partial charge is 0.448 e. The van der Waals surface area contributed by atoms with Crippen molar-refractivity contribution in [3.05, 3.63) is 76.2 Å². The van der Waals surface area contributed by atoms with Gasteiger partial charge in [-0.05, 0) is 25.0 Å². The Morgan fingerprint density at radius 1 is 0.971 bits per heavy atom. The van der Waals surface area contributed by atoms with Gasteiger partial charge in [0.25, 0.3) is 11.5 Å². The number of nitrogens with zero attached hydrogens (tertiary/aromatic N) is 4. The molecule has 0 N–H and O–H groups in total. The van der Waals surface area contributed by atoms with Gasteiger partial charge in [0.05, 0.1) is 5.39 Å². The van der Waals surface area contributed by atoms with E-state index in [0.29, 0.717) is 36.8 Å². The zero-order valence-corrected chi connectivity index (χ0v) is 19.6. The SMILES string of the molecule is CCCn1nc(C(=O)OC(C)C(=O)N2CCN(Cc3ccccc3)CC2)c2ccccc2c1=O. The van der Waals surface area contributed by atoms with E-state index < -0.39 is 12.1 Å². The van der Waals surface area contributed by atoms with Gasteiger partial charge in [0.2, 0.25) is 0 Å². The monoisotopic (exact) mass is 462 g/mol. The van der Waals surface area contributed by atoms with Gasteiger partial charge in [0.15, 0.2) is 11.8 Å². The molecule has 0 radical (unpaired) electrons. The van der Waals surface area contributed by atoms with E-state index in [9.17, 15) is 14.4 Å². The summed E-state index contributed by atoms with van der Waals surface area (Å²) in [6.45, 7) is 7.44. The molecule has 1 aliphatic heterocycles. The fourth-order valence-electron chi connectivity index (χ4n) is 4.24. The van der Waals surface area contributed by atoms with E-state index in [2.05, 4.69) is 22.1 Å². The standard InChI is InChI=1S/C26H30N4O4/c1-3-13-30-25(32)22-12-8-7-11-21(22)23(27-30)26(33)34-19(2)24(31)29-16-14-28(15-17-29)18-20-9-5-4-6-10-20/h4-12,19H,3,13-18H2,1-2H3. The smallest absolute Gasteiger partial charge is 0.360 e. The van der Waals surface area contributed by atoms with Gasteiger partial charge in [-0.25, -0.2) is 9.48 Å². The van der Waals surface area contributed by atoms with Crippen molar-refractivity contribution in [3.63, 3.8) is 0 Å². The molecule has 8 heteroatoms. The predicted molar refractivity (Wildman–Crippen MR) is 129 cm³/mol. The molecule has 1 saturated heterocycles. The number of hydrogen-bond acceptors (Lipinski definition) is 6. The van der Waals surface area contributed by atoms with Crippen molar-refractivity contribution in [3.8, 4) is 0 Å². The van der Waals surface area contributed by atoms with Crippen LogP contribution in [0.15, 0.2) is 59.4 Å². The molecule has 1 amide bonds. The number of carbonyl (C=O) groups is 2. The van der Waals surface area contributed by atoms with Gasteiger partial charge in [-0.2, -0.15) is 5.10 Å². The fourth-order valence-corrected chi connectivity index (χ4v) is 4.24. The van der Waals surface area contributed by atoms with Crippen LogP contribution in [0, 0.1) is 0 Å². The van der Waals surface area contributed by atoms with Crippen LogP contribution in [0.1, 0.15) is 36.3 Å². The number of ether oxygens (including phenoxy) is 1. The van der Waals surface area contributed by atoms with Crippen LogP contribution in [-0.2, 0) is 22.6 Å². The molecule has 0 spiro atoms. The Kier molecular flexibility index (Phi) is 7.37. The van der Waals surface area contributed by atoms with Crippen LogP contribution in [0.2, 0.25) is 0 Å². The van der Waals surface area contributed by atoms with Gasteiger partial charge < -0.3 is 9.64 Å². The summed E-state index contributed by atoms with van der Waals surface area (Å²) in [7, 11) is 0. The number of benzene rings is 2. The first-order chi connectivity index (χ1) is 16.5. The maximum Gasteiger partial charge on any atom is 0.360 e. The Balaban J connectivity index is 1.41. The van der Waals surface area contributed by atoms with Gasteiger partial charge in [-0.3, -0.25) is 14.5 Å². The number of fused-ring (bicyclic) bond motifs is 1. The van der Waals surface area contributed by atoms with Crippen LogP contribution in [0.4, 0.5) is 0 Å². The van der Waals surface area contributed by atoms with E-state index in [0.717, 1.165) is 19.6 Å². The molecule has 0 bridgehead atoms. The second-order valence-corrected chi connectivity index (χ2v) is 8.56. The van der Waals surface area contributed by atoms with Gasteiger partial charge in [0.1, 0.15) is 0 Å². The van der Waals surface area contributed by atoms with E-state index in [-0.39, 0.29) is 17.2 Å². The molecule has 1 aromatic heterocycles. The minimum Gasteiger partial charge on any atom is -0.448 e. The summed E-state index contributed by atoms with van der Waals surface area (Å²) in [5.74, 6) is -0.927. The summed E-state index contributed by atoms with van der Waals surface area (Å²) in [5, 5.41) is 5.10. The molecular formula is C26H30N4O4. The van der Waals surface area contributed by atoms with Crippen molar-refractivity contribution in [1.29, 1.82) is 0 Å². The zero-order chi connectivity index (χ0) is 24.1. The number of aryl methyl sites for hydroxylation is 1. The molecule has 1 atom stereocenters. The summed E-state index contributed by atoms with van der Waals surface area (Å²) in [6, 6.07) is 17.1. The number of aromatic nitrogens is 2. The Morgan fingerprint density at radius 2 is 1.62 bits per heavy atom. The molecule has 0 saturated carbocycles. The van der Waals surface area contributed by atoms with Crippen LogP contribution in [0.3, 0.4) is 0 Å². The molecule has 1 fully saturated rings. The quantitative estimate of drug-likeness (QED) is 0.502. The van der Waals surface area contributed by atoms with Gasteiger partial charge >= 0.3 is 5.97 Å². The molecule has 34 heavy (non-hydrogen) atoms. The Bertz CT molecular complexity index is 1220. The minimum atomic E-state index is -0.944. The van der Waals surface area contributed by atoms with Crippen LogP contribution >= 0.6 is 0 Å². The summed E-state index contributed by atoms with van der Waals surface area (Å²) < 4.78 is 6.82. The summed E-state index contributed by atoms with van der Waals surface area (Å²) in [5.41, 5.74) is 1.05. The van der Waals surface area contributed by atoms with E-state index in [1.54, 1.807) is 36.1 Å². The Morgan fingerprint density at radius 3 is 2.29 bits per heavy atom. The number of esters is 1. The van der Waals surface area contributed by atoms with Crippen molar-refractivity contribution in [2.75, 3.05) is 26.2 Å². The predicted octanol–water partition coefficient (Wildman–Crippen LogP) is 2.70. The lowest BCUT2D eigenvalue weighted by Crippen LogP contribution is -2.51. The molecular weight excluding hydrogens is 432 g/mol. The first kappa shape index (κ1) is 23.6. The zero-order valence-electron chi connectivity index (χ0n) is 19.6. The first-order valence-electron chi connectivity index (χ1n) is 11.7. The van der Waals surface area contributed by atoms with E-state index in [4.69, 9.17) is 4.74 Å². The highest BCUT2D eigenvalue weighted by Gasteiger charge is 2.29. The van der Waals surface area contributed by atoms with Gasteiger partial charge in [0, 0.05) is 44.7 Å². The molecule has 1 unspecified atom stereocenters. The molecule has 4 rings (SSSR count). The molecule has 3 aromatic rings. The van der Waals surface area contributed by atoms with Crippen LogP contribution in [0.5, 0.6) is 0 Å². The van der Waals surface area contributed by atoms with Crippen LogP contribution in [-0.4, -0.2) is 63.7 Å². The van der Waals surface area contributed by atoms with E-state index in [1.165, 1.54) is 10.2 Å². The number of carbonyl (C=O) groups excluding carboxylic acids is 2. The van der Waals surface area contributed by atoms with Crippen molar-refractivity contribution < 1.29 is 14.3 Å². The summed E-state index contributed by atoms with van der Waals surface area (Å²) in [6.07, 6.45) is -0.245. The van der Waals surface area contributed by atoms with Crippen molar-refractivity contribution in [2.24, 2.45) is 0 Å². The number of amides is 1. The van der Waals surface area contributed by atoms with E-state index in [1.807, 2.05) is 25.1 Å². The average molecular weight is 463 g/mol. The normalized spacial score (nSPS) is 15.3. The maximum atomic E-state index is 13.0. The second kappa shape index (κ2) is 10.6. The van der Waals surface area contributed by atoms with Gasteiger partial charge in [-0.1, -0.05) is 55.5 Å². The van der Waals surface area contributed by atoms with E-state index >= 15 is 0 Å². The average Bonchev–Trinajstić information content (AvgIpc) is 2.86. The van der Waals surface area contributed by atoms with Crippen LogP contribution in [0.25, 0.3) is 10.8 Å². The summed E-state index contributed by atoms with van der Waals surface area (Å²) in [4.78, 5) is 42.7. The van der Waals surface area contributed by atoms with Crippen molar-refractivity contribution in [2.45, 2.75) is 39.5 Å².